The van der Waals surface area contributed by atoms with Crippen molar-refractivity contribution in [2.75, 3.05) is 13.1 Å². The Morgan fingerprint density at radius 3 is 2.86 bits per heavy atom. The van der Waals surface area contributed by atoms with Gasteiger partial charge in [-0.2, -0.15) is 0 Å². The third-order valence-electron chi connectivity index (χ3n) is 4.28. The van der Waals surface area contributed by atoms with Crippen molar-refractivity contribution in [1.82, 2.24) is 10.6 Å². The standard InChI is InChI=1S/C17H22N2OS.ClH/c20-17(6-5-13-7-9-18-10-8-13)19-11-14-12-21-16-4-2-1-3-15(14)16;/h1-4,12-13,18H,5-11H2,(H,19,20);1H. The first-order valence-electron chi connectivity index (χ1n) is 7.75. The van der Waals surface area contributed by atoms with Gasteiger partial charge in [-0.1, -0.05) is 18.2 Å². The van der Waals surface area contributed by atoms with E-state index >= 15 is 0 Å². The number of hydrogen-bond donors (Lipinski definition) is 2. The summed E-state index contributed by atoms with van der Waals surface area (Å²) in [6, 6.07) is 8.36. The highest BCUT2D eigenvalue weighted by Gasteiger charge is 2.14. The van der Waals surface area contributed by atoms with Gasteiger partial charge in [-0.15, -0.1) is 23.7 Å². The summed E-state index contributed by atoms with van der Waals surface area (Å²) in [7, 11) is 0. The van der Waals surface area contributed by atoms with Crippen LogP contribution in [0.15, 0.2) is 29.6 Å². The van der Waals surface area contributed by atoms with Gasteiger partial charge in [-0.3, -0.25) is 4.79 Å². The normalized spacial score (nSPS) is 15.5. The van der Waals surface area contributed by atoms with Crippen LogP contribution in [0.25, 0.3) is 10.1 Å². The average Bonchev–Trinajstić information content (AvgIpc) is 2.95. The molecule has 1 fully saturated rings. The van der Waals surface area contributed by atoms with E-state index in [-0.39, 0.29) is 18.3 Å². The molecule has 0 aliphatic carbocycles. The zero-order valence-electron chi connectivity index (χ0n) is 12.6. The molecule has 120 valence electrons. The molecule has 5 heteroatoms. The number of carbonyl (C=O) groups excluding carboxylic acids is 1. The lowest BCUT2D eigenvalue weighted by molar-refractivity contribution is -0.121. The van der Waals surface area contributed by atoms with Crippen molar-refractivity contribution in [1.29, 1.82) is 0 Å². The summed E-state index contributed by atoms with van der Waals surface area (Å²) < 4.78 is 1.29. The minimum atomic E-state index is 0. The predicted octanol–water partition coefficient (Wildman–Crippen LogP) is 3.72. The number of halogens is 1. The van der Waals surface area contributed by atoms with Crippen molar-refractivity contribution in [3.63, 3.8) is 0 Å². The zero-order valence-corrected chi connectivity index (χ0v) is 14.3. The lowest BCUT2D eigenvalue weighted by Crippen LogP contribution is -2.29. The Morgan fingerprint density at radius 2 is 2.05 bits per heavy atom. The van der Waals surface area contributed by atoms with Gasteiger partial charge >= 0.3 is 0 Å². The van der Waals surface area contributed by atoms with Crippen LogP contribution in [0.3, 0.4) is 0 Å². The Morgan fingerprint density at radius 1 is 1.27 bits per heavy atom. The quantitative estimate of drug-likeness (QED) is 0.872. The zero-order chi connectivity index (χ0) is 14.5. The Balaban J connectivity index is 0.00000176. The van der Waals surface area contributed by atoms with Crippen LogP contribution < -0.4 is 10.6 Å². The van der Waals surface area contributed by atoms with Gasteiger partial charge in [0.2, 0.25) is 5.91 Å². The maximum absolute atomic E-state index is 12.0. The summed E-state index contributed by atoms with van der Waals surface area (Å²) in [5.74, 6) is 0.905. The monoisotopic (exact) mass is 338 g/mol. The first-order chi connectivity index (χ1) is 10.3. The van der Waals surface area contributed by atoms with Gasteiger partial charge in [0.15, 0.2) is 0 Å². The molecule has 1 aromatic heterocycles. The lowest BCUT2D eigenvalue weighted by atomic mass is 9.93. The Kier molecular flexibility index (Phi) is 6.68. The number of amides is 1. The molecule has 1 saturated heterocycles. The van der Waals surface area contributed by atoms with Gasteiger partial charge in [0.1, 0.15) is 0 Å². The van der Waals surface area contributed by atoms with Crippen molar-refractivity contribution >= 4 is 39.7 Å². The van der Waals surface area contributed by atoms with E-state index in [1.807, 2.05) is 0 Å². The largest absolute Gasteiger partial charge is 0.352 e. The fraction of sp³-hybridized carbons (Fsp3) is 0.471. The third kappa shape index (κ3) is 4.45. The van der Waals surface area contributed by atoms with Gasteiger partial charge in [0.05, 0.1) is 0 Å². The number of benzene rings is 1. The maximum Gasteiger partial charge on any atom is 0.220 e. The molecule has 0 radical (unpaired) electrons. The second-order valence-electron chi connectivity index (χ2n) is 5.77. The van der Waals surface area contributed by atoms with Gasteiger partial charge in [0.25, 0.3) is 0 Å². The van der Waals surface area contributed by atoms with Crippen molar-refractivity contribution in [3.8, 4) is 0 Å². The average molecular weight is 339 g/mol. The molecule has 22 heavy (non-hydrogen) atoms. The Bertz CT molecular complexity index is 607. The molecule has 1 aromatic carbocycles. The lowest BCUT2D eigenvalue weighted by Gasteiger charge is -2.22. The molecule has 0 atom stereocenters. The third-order valence-corrected chi connectivity index (χ3v) is 5.29. The first-order valence-corrected chi connectivity index (χ1v) is 8.63. The van der Waals surface area contributed by atoms with Crippen LogP contribution in [0.4, 0.5) is 0 Å². The highest BCUT2D eigenvalue weighted by Crippen LogP contribution is 2.25. The van der Waals surface area contributed by atoms with E-state index in [2.05, 4.69) is 40.3 Å². The van der Waals surface area contributed by atoms with Crippen molar-refractivity contribution in [2.45, 2.75) is 32.2 Å². The SMILES string of the molecule is Cl.O=C(CCC1CCNCC1)NCc1csc2ccccc12. The summed E-state index contributed by atoms with van der Waals surface area (Å²) in [5.41, 5.74) is 1.23. The van der Waals surface area contributed by atoms with Gasteiger partial charge in [-0.05, 0) is 60.7 Å². The topological polar surface area (TPSA) is 41.1 Å². The molecule has 1 amide bonds. The Labute approximate surface area is 141 Å². The molecular formula is C17H23ClN2OS. The Hall–Kier alpha value is -1.10. The van der Waals surface area contributed by atoms with Crippen LogP contribution in [-0.2, 0) is 11.3 Å². The molecule has 1 aliphatic heterocycles. The minimum Gasteiger partial charge on any atom is -0.352 e. The minimum absolute atomic E-state index is 0. The number of thiophene rings is 1. The number of hydrogen-bond acceptors (Lipinski definition) is 3. The first kappa shape index (κ1) is 17.3. The molecule has 2 aromatic rings. The molecule has 0 unspecified atom stereocenters. The van der Waals surface area contributed by atoms with Crippen LogP contribution >= 0.6 is 23.7 Å². The molecule has 2 heterocycles. The van der Waals surface area contributed by atoms with Crippen LogP contribution in [0.1, 0.15) is 31.2 Å². The van der Waals surface area contributed by atoms with Gasteiger partial charge < -0.3 is 10.6 Å². The smallest absolute Gasteiger partial charge is 0.220 e. The van der Waals surface area contributed by atoms with Crippen LogP contribution in [-0.4, -0.2) is 19.0 Å². The predicted molar refractivity (Wildman–Crippen MR) is 95.7 cm³/mol. The fourth-order valence-corrected chi connectivity index (χ4v) is 3.92. The molecule has 0 spiro atoms. The summed E-state index contributed by atoms with van der Waals surface area (Å²) in [4.78, 5) is 12.0. The van der Waals surface area contributed by atoms with Crippen molar-refractivity contribution in [3.05, 3.63) is 35.2 Å². The van der Waals surface area contributed by atoms with E-state index in [1.54, 1.807) is 11.3 Å². The molecule has 0 bridgehead atoms. The summed E-state index contributed by atoms with van der Waals surface area (Å²) >= 11 is 1.74. The van der Waals surface area contributed by atoms with E-state index in [1.165, 1.54) is 28.5 Å². The van der Waals surface area contributed by atoms with E-state index < -0.39 is 0 Å². The summed E-state index contributed by atoms with van der Waals surface area (Å²) in [5, 5.41) is 9.85. The molecule has 3 rings (SSSR count). The summed E-state index contributed by atoms with van der Waals surface area (Å²) in [6.45, 7) is 2.86. The molecular weight excluding hydrogens is 316 g/mol. The number of rotatable bonds is 5. The van der Waals surface area contributed by atoms with Crippen LogP contribution in [0.5, 0.6) is 0 Å². The fourth-order valence-electron chi connectivity index (χ4n) is 2.96. The molecule has 1 aliphatic rings. The van der Waals surface area contributed by atoms with Gasteiger partial charge in [0, 0.05) is 17.7 Å². The van der Waals surface area contributed by atoms with E-state index in [0.717, 1.165) is 25.4 Å². The van der Waals surface area contributed by atoms with Crippen LogP contribution in [0.2, 0.25) is 0 Å². The number of nitrogens with one attached hydrogen (secondary N) is 2. The van der Waals surface area contributed by atoms with Crippen molar-refractivity contribution in [2.24, 2.45) is 5.92 Å². The van der Waals surface area contributed by atoms with Crippen molar-refractivity contribution < 1.29 is 4.79 Å². The number of carbonyl (C=O) groups is 1. The highest BCUT2D eigenvalue weighted by atomic mass is 35.5. The van der Waals surface area contributed by atoms with Crippen LogP contribution in [0, 0.1) is 5.92 Å². The molecule has 0 saturated carbocycles. The van der Waals surface area contributed by atoms with E-state index in [9.17, 15) is 4.79 Å². The van der Waals surface area contributed by atoms with Gasteiger partial charge in [-0.25, -0.2) is 0 Å². The molecule has 3 nitrogen and oxygen atoms in total. The van der Waals surface area contributed by atoms with E-state index in [0.29, 0.717) is 13.0 Å². The number of fused-ring (bicyclic) bond motifs is 1. The summed E-state index contributed by atoms with van der Waals surface area (Å²) in [6.07, 6.45) is 4.11. The maximum atomic E-state index is 12.0. The van der Waals surface area contributed by atoms with E-state index in [4.69, 9.17) is 0 Å². The highest BCUT2D eigenvalue weighted by molar-refractivity contribution is 7.17. The number of piperidine rings is 1. The second kappa shape index (κ2) is 8.51. The second-order valence-corrected chi connectivity index (χ2v) is 6.68. The molecule has 2 N–H and O–H groups in total.